The van der Waals surface area contributed by atoms with E-state index in [0.717, 1.165) is 30.3 Å². The van der Waals surface area contributed by atoms with Crippen molar-refractivity contribution in [3.63, 3.8) is 0 Å². The minimum atomic E-state index is -0.509. The molecule has 1 fully saturated rings. The van der Waals surface area contributed by atoms with Crippen molar-refractivity contribution in [3.8, 4) is 11.1 Å². The van der Waals surface area contributed by atoms with Gasteiger partial charge in [-0.15, -0.1) is 0 Å². The lowest BCUT2D eigenvalue weighted by Gasteiger charge is -2.14. The Morgan fingerprint density at radius 2 is 1.86 bits per heavy atom. The van der Waals surface area contributed by atoms with Crippen molar-refractivity contribution in [1.82, 2.24) is 4.98 Å². The van der Waals surface area contributed by atoms with Crippen molar-refractivity contribution in [1.29, 1.82) is 0 Å². The number of anilines is 1. The fraction of sp³-hybridized carbons (Fsp3) is 0.258. The zero-order valence-electron chi connectivity index (χ0n) is 20.8. The predicted molar refractivity (Wildman–Crippen MR) is 143 cm³/mol. The predicted octanol–water partition coefficient (Wildman–Crippen LogP) is 6.91. The molecule has 0 N–H and O–H groups in total. The lowest BCUT2D eigenvalue weighted by atomic mass is 9.99. The van der Waals surface area contributed by atoms with Crippen molar-refractivity contribution in [2.45, 2.75) is 45.1 Å². The van der Waals surface area contributed by atoms with Gasteiger partial charge in [-0.1, -0.05) is 42.5 Å². The van der Waals surface area contributed by atoms with Crippen molar-refractivity contribution in [2.75, 3.05) is 11.4 Å². The maximum absolute atomic E-state index is 15.1. The average molecular weight is 497 g/mol. The number of aromatic nitrogens is 1. The van der Waals surface area contributed by atoms with Crippen LogP contribution in [0.15, 0.2) is 79.0 Å². The van der Waals surface area contributed by atoms with E-state index in [2.05, 4.69) is 17.1 Å². The Morgan fingerprint density at radius 1 is 1.05 bits per heavy atom. The molecule has 4 aromatic rings. The van der Waals surface area contributed by atoms with Crippen LogP contribution in [-0.4, -0.2) is 29.5 Å². The standard InChI is InChI=1S/C31H29FN2O3/c1-21(35)9-15-26-20-34(31(36)37-26)25-14-16-27(29(32)19-25)24-12-10-22(11-13-24)5-4-6-23-17-18-33-30-8-3-2-7-28(23)30/h2-3,7-8,10-14,16-19,26H,4-6,9,15,20H2,1H3/t26-/m0/s1. The molecule has 1 atom stereocenters. The van der Waals surface area contributed by atoms with E-state index in [9.17, 15) is 9.59 Å². The highest BCUT2D eigenvalue weighted by atomic mass is 19.1. The van der Waals surface area contributed by atoms with E-state index in [1.807, 2.05) is 48.7 Å². The largest absolute Gasteiger partial charge is 0.444 e. The molecule has 1 aliphatic heterocycles. The zero-order valence-corrected chi connectivity index (χ0v) is 20.8. The van der Waals surface area contributed by atoms with Crippen molar-refractivity contribution in [2.24, 2.45) is 0 Å². The summed E-state index contributed by atoms with van der Waals surface area (Å²) in [4.78, 5) is 29.3. The average Bonchev–Trinajstić information content (AvgIpc) is 3.28. The van der Waals surface area contributed by atoms with E-state index in [4.69, 9.17) is 4.74 Å². The number of hydrogen-bond donors (Lipinski definition) is 0. The fourth-order valence-electron chi connectivity index (χ4n) is 4.86. The molecular formula is C31H29FN2O3. The maximum Gasteiger partial charge on any atom is 0.414 e. The fourth-order valence-corrected chi connectivity index (χ4v) is 4.86. The van der Waals surface area contributed by atoms with Crippen LogP contribution in [0.25, 0.3) is 22.0 Å². The summed E-state index contributed by atoms with van der Waals surface area (Å²) in [6, 6.07) is 23.1. The summed E-state index contributed by atoms with van der Waals surface area (Å²) in [6.45, 7) is 1.83. The minimum absolute atomic E-state index is 0.0540. The van der Waals surface area contributed by atoms with Crippen LogP contribution in [0.5, 0.6) is 0 Å². The van der Waals surface area contributed by atoms with Crippen molar-refractivity contribution in [3.05, 3.63) is 95.9 Å². The van der Waals surface area contributed by atoms with Gasteiger partial charge in [-0.3, -0.25) is 9.88 Å². The number of ketones is 1. The van der Waals surface area contributed by atoms with Crippen LogP contribution in [-0.2, 0) is 22.4 Å². The third-order valence-corrected chi connectivity index (χ3v) is 6.87. The molecule has 0 bridgehead atoms. The summed E-state index contributed by atoms with van der Waals surface area (Å²) in [6.07, 6.45) is 4.74. The van der Waals surface area contributed by atoms with Crippen LogP contribution in [0.4, 0.5) is 14.9 Å². The molecule has 1 saturated heterocycles. The molecule has 0 spiro atoms. The number of amides is 1. The van der Waals surface area contributed by atoms with Crippen LogP contribution in [0.1, 0.15) is 37.3 Å². The molecule has 1 aliphatic rings. The van der Waals surface area contributed by atoms with Gasteiger partial charge in [-0.25, -0.2) is 9.18 Å². The molecule has 5 nitrogen and oxygen atoms in total. The molecular weight excluding hydrogens is 467 g/mol. The third-order valence-electron chi connectivity index (χ3n) is 6.87. The molecule has 0 unspecified atom stereocenters. The highest BCUT2D eigenvalue weighted by Gasteiger charge is 2.32. The van der Waals surface area contributed by atoms with Gasteiger partial charge in [0.15, 0.2) is 0 Å². The molecule has 0 aliphatic carbocycles. The molecule has 0 radical (unpaired) electrons. The number of carbonyl (C=O) groups excluding carboxylic acids is 2. The SMILES string of the molecule is CC(=O)CC[C@H]1CN(c2ccc(-c3ccc(CCCc4ccnc5ccccc45)cc3)c(F)c2)C(=O)O1. The van der Waals surface area contributed by atoms with E-state index < -0.39 is 11.9 Å². The van der Waals surface area contributed by atoms with Crippen LogP contribution < -0.4 is 4.90 Å². The minimum Gasteiger partial charge on any atom is -0.444 e. The van der Waals surface area contributed by atoms with E-state index in [1.54, 1.807) is 12.1 Å². The number of halogens is 1. The topological polar surface area (TPSA) is 59.5 Å². The number of hydrogen-bond acceptors (Lipinski definition) is 4. The van der Waals surface area contributed by atoms with Gasteiger partial charge in [0.05, 0.1) is 17.7 Å². The Morgan fingerprint density at radius 3 is 2.65 bits per heavy atom. The number of nitrogens with zero attached hydrogens (tertiary/aromatic N) is 2. The van der Waals surface area contributed by atoms with Crippen LogP contribution in [0, 0.1) is 5.82 Å². The second-order valence-corrected chi connectivity index (χ2v) is 9.56. The number of benzene rings is 3. The Hall–Kier alpha value is -4.06. The van der Waals surface area contributed by atoms with Crippen molar-refractivity contribution < 1.29 is 18.7 Å². The van der Waals surface area contributed by atoms with Crippen LogP contribution in [0.3, 0.4) is 0 Å². The lowest BCUT2D eigenvalue weighted by molar-refractivity contribution is -0.117. The Labute approximate surface area is 215 Å². The number of Topliss-reactive ketones (excluding diaryl/α,β-unsaturated/α-hetero) is 1. The van der Waals surface area contributed by atoms with E-state index in [0.29, 0.717) is 30.6 Å². The summed E-state index contributed by atoms with van der Waals surface area (Å²) in [5, 5.41) is 1.20. The molecule has 2 heterocycles. The number of pyridine rings is 1. The summed E-state index contributed by atoms with van der Waals surface area (Å²) >= 11 is 0. The second kappa shape index (κ2) is 10.9. The highest BCUT2D eigenvalue weighted by Crippen LogP contribution is 2.30. The molecule has 1 amide bonds. The number of rotatable bonds is 9. The summed E-state index contributed by atoms with van der Waals surface area (Å²) in [5.41, 5.74) is 5.26. The normalized spacial score (nSPS) is 15.2. The van der Waals surface area contributed by atoms with Gasteiger partial charge in [-0.05, 0) is 79.6 Å². The molecule has 0 saturated carbocycles. The first-order valence-electron chi connectivity index (χ1n) is 12.7. The first-order chi connectivity index (χ1) is 18.0. The van der Waals surface area contributed by atoms with Gasteiger partial charge in [0.25, 0.3) is 0 Å². The quantitative estimate of drug-likeness (QED) is 0.253. The molecule has 5 rings (SSSR count). The Balaban J connectivity index is 1.21. The van der Waals surface area contributed by atoms with E-state index >= 15 is 4.39 Å². The summed E-state index contributed by atoms with van der Waals surface area (Å²) in [7, 11) is 0. The Bertz CT molecular complexity index is 1430. The number of fused-ring (bicyclic) bond motifs is 1. The number of ether oxygens (including phenoxy) is 1. The highest BCUT2D eigenvalue weighted by molar-refractivity contribution is 5.90. The number of aryl methyl sites for hydroxylation is 2. The molecule has 37 heavy (non-hydrogen) atoms. The molecule has 188 valence electrons. The smallest absolute Gasteiger partial charge is 0.414 e. The summed E-state index contributed by atoms with van der Waals surface area (Å²) < 4.78 is 20.4. The van der Waals surface area contributed by atoms with Gasteiger partial charge in [0, 0.05) is 23.6 Å². The third kappa shape index (κ3) is 5.69. The molecule has 6 heteroatoms. The maximum atomic E-state index is 15.1. The van der Waals surface area contributed by atoms with Gasteiger partial charge in [-0.2, -0.15) is 0 Å². The van der Waals surface area contributed by atoms with Gasteiger partial charge in [0.1, 0.15) is 17.7 Å². The van der Waals surface area contributed by atoms with Gasteiger partial charge in [0.2, 0.25) is 0 Å². The van der Waals surface area contributed by atoms with Crippen LogP contribution in [0.2, 0.25) is 0 Å². The van der Waals surface area contributed by atoms with Gasteiger partial charge < -0.3 is 9.53 Å². The number of cyclic esters (lactones) is 1. The monoisotopic (exact) mass is 496 g/mol. The zero-order chi connectivity index (χ0) is 25.8. The first-order valence-corrected chi connectivity index (χ1v) is 12.7. The second-order valence-electron chi connectivity index (χ2n) is 9.56. The van der Waals surface area contributed by atoms with E-state index in [1.165, 1.54) is 34.4 Å². The van der Waals surface area contributed by atoms with E-state index in [-0.39, 0.29) is 11.9 Å². The van der Waals surface area contributed by atoms with Crippen LogP contribution >= 0.6 is 0 Å². The summed E-state index contributed by atoms with van der Waals surface area (Å²) in [5.74, 6) is -0.340. The first kappa shape index (κ1) is 24.6. The number of para-hydroxylation sites is 1. The Kier molecular flexibility index (Phi) is 7.26. The van der Waals surface area contributed by atoms with Gasteiger partial charge >= 0.3 is 6.09 Å². The molecule has 3 aromatic carbocycles. The lowest BCUT2D eigenvalue weighted by Crippen LogP contribution is -2.24. The van der Waals surface area contributed by atoms with Crippen molar-refractivity contribution >= 4 is 28.5 Å². The molecule has 1 aromatic heterocycles. The number of carbonyl (C=O) groups is 2.